The van der Waals surface area contributed by atoms with E-state index in [1.807, 2.05) is 53.9 Å². The van der Waals surface area contributed by atoms with Gasteiger partial charge in [0.2, 0.25) is 5.79 Å². The molecule has 2 aliphatic rings. The van der Waals surface area contributed by atoms with Gasteiger partial charge in [-0.3, -0.25) is 5.73 Å². The smallest absolute Gasteiger partial charge is 0.211 e. The van der Waals surface area contributed by atoms with E-state index in [9.17, 15) is 0 Å². The lowest BCUT2D eigenvalue weighted by Crippen LogP contribution is -2.53. The number of nitrogens with one attached hydrogen (secondary N) is 1. The van der Waals surface area contributed by atoms with E-state index in [1.165, 1.54) is 11.1 Å². The van der Waals surface area contributed by atoms with E-state index >= 15 is 0 Å². The molecule has 3 aromatic rings. The van der Waals surface area contributed by atoms with Crippen molar-refractivity contribution in [2.75, 3.05) is 21.2 Å². The summed E-state index contributed by atoms with van der Waals surface area (Å²) in [4.78, 5) is 11.1. The second kappa shape index (κ2) is 8.65. The summed E-state index contributed by atoms with van der Waals surface area (Å²) in [5, 5.41) is 4.72. The quantitative estimate of drug-likeness (QED) is 0.549. The Hall–Kier alpha value is -3.00. The van der Waals surface area contributed by atoms with Gasteiger partial charge in [-0.2, -0.15) is 0 Å². The number of allylic oxidation sites excluding steroid dienone is 1. The van der Waals surface area contributed by atoms with Crippen LogP contribution in [-0.4, -0.2) is 41.5 Å². The summed E-state index contributed by atoms with van der Waals surface area (Å²) < 4.78 is 7.50. The van der Waals surface area contributed by atoms with Gasteiger partial charge in [0, 0.05) is 48.1 Å². The van der Waals surface area contributed by atoms with E-state index in [1.54, 1.807) is 19.6 Å². The summed E-state index contributed by atoms with van der Waals surface area (Å²) in [5.41, 5.74) is 12.1. The molecule has 2 heterocycles. The molecule has 0 spiro atoms. The standard InChI is InChI=1S/C25H26Cl2N6O/c1-32(2)24-19-10-9-18(15-4-7-17(26)8-5-15)23(19)30-25(28,31-24)16-6-11-20(21(12-16)34-3)33-13-22(27)29-14-33/h4-8,11-14,18,30H,9-10,28H2,1-3H3. The zero-order valence-electron chi connectivity index (χ0n) is 19.2. The first-order valence-corrected chi connectivity index (χ1v) is 11.8. The van der Waals surface area contributed by atoms with Crippen molar-refractivity contribution < 1.29 is 4.74 Å². The van der Waals surface area contributed by atoms with Crippen LogP contribution in [0.2, 0.25) is 10.2 Å². The van der Waals surface area contributed by atoms with Gasteiger partial charge in [0.1, 0.15) is 23.1 Å². The largest absolute Gasteiger partial charge is 0.495 e. The molecule has 2 atom stereocenters. The van der Waals surface area contributed by atoms with Gasteiger partial charge in [0.05, 0.1) is 12.8 Å². The predicted molar refractivity (Wildman–Crippen MR) is 136 cm³/mol. The number of aliphatic imine (C=N–C) groups is 1. The van der Waals surface area contributed by atoms with Crippen LogP contribution in [0, 0.1) is 0 Å². The van der Waals surface area contributed by atoms with Gasteiger partial charge in [0.25, 0.3) is 0 Å². The van der Waals surface area contributed by atoms with E-state index in [0.29, 0.717) is 10.9 Å². The Morgan fingerprint density at radius 2 is 1.94 bits per heavy atom. The summed E-state index contributed by atoms with van der Waals surface area (Å²) in [7, 11) is 5.62. The van der Waals surface area contributed by atoms with Crippen LogP contribution < -0.4 is 15.8 Å². The van der Waals surface area contributed by atoms with Gasteiger partial charge >= 0.3 is 0 Å². The highest BCUT2D eigenvalue weighted by Gasteiger charge is 2.41. The highest BCUT2D eigenvalue weighted by Crippen LogP contribution is 2.43. The number of methoxy groups -OCH3 is 1. The molecule has 0 radical (unpaired) electrons. The molecule has 3 N–H and O–H groups in total. The third-order valence-electron chi connectivity index (χ3n) is 6.38. The van der Waals surface area contributed by atoms with Gasteiger partial charge in [-0.05, 0) is 42.7 Å². The van der Waals surface area contributed by atoms with E-state index in [-0.39, 0.29) is 5.92 Å². The van der Waals surface area contributed by atoms with Crippen molar-refractivity contribution in [2.45, 2.75) is 24.5 Å². The Bertz CT molecular complexity index is 1300. The number of ether oxygens (including phenoxy) is 1. The van der Waals surface area contributed by atoms with Crippen molar-refractivity contribution in [3.63, 3.8) is 0 Å². The maximum absolute atomic E-state index is 6.97. The number of rotatable bonds is 4. The molecule has 1 aliphatic heterocycles. The molecule has 7 nitrogen and oxygen atoms in total. The number of hydrogen-bond donors (Lipinski definition) is 2. The van der Waals surface area contributed by atoms with Gasteiger partial charge in [-0.25, -0.2) is 9.98 Å². The van der Waals surface area contributed by atoms with Crippen molar-refractivity contribution in [1.82, 2.24) is 19.8 Å². The number of amidine groups is 1. The van der Waals surface area contributed by atoms with Crippen LogP contribution >= 0.6 is 23.2 Å². The van der Waals surface area contributed by atoms with Gasteiger partial charge in [-0.15, -0.1) is 0 Å². The molecular formula is C25H26Cl2N6O. The molecule has 2 unspecified atom stereocenters. The van der Waals surface area contributed by atoms with E-state index < -0.39 is 5.79 Å². The van der Waals surface area contributed by atoms with Gasteiger partial charge in [0.15, 0.2) is 0 Å². The molecule has 176 valence electrons. The maximum atomic E-state index is 6.97. The molecule has 2 aromatic carbocycles. The number of aromatic nitrogens is 2. The van der Waals surface area contributed by atoms with E-state index in [2.05, 4.69) is 22.4 Å². The maximum Gasteiger partial charge on any atom is 0.211 e. The van der Waals surface area contributed by atoms with Crippen LogP contribution in [-0.2, 0) is 5.79 Å². The Balaban J connectivity index is 1.56. The lowest BCUT2D eigenvalue weighted by molar-refractivity contribution is 0.368. The first-order valence-electron chi connectivity index (χ1n) is 11.0. The number of halogens is 2. The second-order valence-corrected chi connectivity index (χ2v) is 9.57. The number of nitrogens with two attached hydrogens (primary N) is 1. The Morgan fingerprint density at radius 3 is 2.59 bits per heavy atom. The van der Waals surface area contributed by atoms with Crippen LogP contribution in [0.4, 0.5) is 0 Å². The summed E-state index contributed by atoms with van der Waals surface area (Å²) >= 11 is 12.1. The lowest BCUT2D eigenvalue weighted by atomic mass is 9.94. The molecule has 9 heteroatoms. The molecule has 1 aromatic heterocycles. The minimum absolute atomic E-state index is 0.190. The van der Waals surface area contributed by atoms with Crippen molar-refractivity contribution in [1.29, 1.82) is 0 Å². The second-order valence-electron chi connectivity index (χ2n) is 8.75. The highest BCUT2D eigenvalue weighted by molar-refractivity contribution is 6.30. The molecule has 0 fully saturated rings. The average molecular weight is 497 g/mol. The lowest BCUT2D eigenvalue weighted by Gasteiger charge is -2.37. The molecular weight excluding hydrogens is 471 g/mol. The van der Waals surface area contributed by atoms with Crippen LogP contribution in [0.25, 0.3) is 5.69 Å². The molecule has 0 bridgehead atoms. The van der Waals surface area contributed by atoms with Crippen LogP contribution in [0.3, 0.4) is 0 Å². The predicted octanol–water partition coefficient (Wildman–Crippen LogP) is 4.65. The third-order valence-corrected chi connectivity index (χ3v) is 6.83. The fourth-order valence-corrected chi connectivity index (χ4v) is 5.01. The van der Waals surface area contributed by atoms with Crippen molar-refractivity contribution >= 4 is 29.0 Å². The van der Waals surface area contributed by atoms with Crippen LogP contribution in [0.1, 0.15) is 29.9 Å². The number of likely N-dealkylation sites (N-methyl/N-ethyl adjacent to an activating group) is 1. The van der Waals surface area contributed by atoms with Crippen molar-refractivity contribution in [3.05, 3.63) is 87.6 Å². The summed E-state index contributed by atoms with van der Waals surface area (Å²) in [6.45, 7) is 0. The molecule has 34 heavy (non-hydrogen) atoms. The molecule has 0 amide bonds. The van der Waals surface area contributed by atoms with Crippen molar-refractivity contribution in [3.8, 4) is 11.4 Å². The zero-order chi connectivity index (χ0) is 24.0. The van der Waals surface area contributed by atoms with Crippen LogP contribution in [0.5, 0.6) is 5.75 Å². The third kappa shape index (κ3) is 3.94. The SMILES string of the molecule is COc1cc(C2(N)N=C(N(C)C)C3=C(N2)C(c2ccc(Cl)cc2)CC3)ccc1-n1cnc(Cl)c1. The molecule has 1 aliphatic carbocycles. The van der Waals surface area contributed by atoms with Crippen LogP contribution in [0.15, 0.2) is 71.3 Å². The number of benzene rings is 2. The average Bonchev–Trinajstić information content (AvgIpc) is 3.44. The zero-order valence-corrected chi connectivity index (χ0v) is 20.7. The highest BCUT2D eigenvalue weighted by atomic mass is 35.5. The summed E-state index contributed by atoms with van der Waals surface area (Å²) in [6.07, 6.45) is 5.27. The first kappa shape index (κ1) is 22.8. The minimum atomic E-state index is -1.16. The Morgan fingerprint density at radius 1 is 1.18 bits per heavy atom. The number of imidazole rings is 1. The minimum Gasteiger partial charge on any atom is -0.495 e. The number of nitrogens with zero attached hydrogens (tertiary/aromatic N) is 4. The van der Waals surface area contributed by atoms with Crippen molar-refractivity contribution in [2.24, 2.45) is 10.7 Å². The Labute approximate surface area is 208 Å². The topological polar surface area (TPSA) is 80.7 Å². The fraction of sp³-hybridized carbons (Fsp3) is 0.280. The Kier molecular flexibility index (Phi) is 5.80. The molecule has 5 rings (SSSR count). The first-order chi connectivity index (χ1) is 16.3. The van der Waals surface area contributed by atoms with Gasteiger partial charge in [-0.1, -0.05) is 41.4 Å². The van der Waals surface area contributed by atoms with Gasteiger partial charge < -0.3 is 19.5 Å². The summed E-state index contributed by atoms with van der Waals surface area (Å²) in [6, 6.07) is 13.8. The van der Waals surface area contributed by atoms with E-state index in [0.717, 1.165) is 40.6 Å². The number of hydrogen-bond acceptors (Lipinski definition) is 6. The molecule has 0 saturated heterocycles. The summed E-state index contributed by atoms with van der Waals surface area (Å²) in [5.74, 6) is 0.554. The molecule has 0 saturated carbocycles. The monoisotopic (exact) mass is 496 g/mol. The normalized spacial score (nSPS) is 21.7. The van der Waals surface area contributed by atoms with E-state index in [4.69, 9.17) is 38.7 Å². The fourth-order valence-electron chi connectivity index (χ4n) is 4.73.